The van der Waals surface area contributed by atoms with E-state index in [1.165, 1.54) is 18.4 Å². The largest absolute Gasteiger partial charge is 0.241 e. The molecule has 0 atom stereocenters. The van der Waals surface area contributed by atoms with Gasteiger partial charge >= 0.3 is 0 Å². The zero-order valence-electron chi connectivity index (χ0n) is 10.4. The number of hydrogen-bond acceptors (Lipinski definition) is 2. The van der Waals surface area contributed by atoms with E-state index in [0.29, 0.717) is 11.8 Å². The SMILES string of the molecule is ClCc1cnc(Cc2ccc(Cl)cc2)nc1C1CC1. The molecule has 4 heteroatoms. The van der Waals surface area contributed by atoms with Gasteiger partial charge < -0.3 is 0 Å². The summed E-state index contributed by atoms with van der Waals surface area (Å²) in [6.07, 6.45) is 5.06. The van der Waals surface area contributed by atoms with E-state index in [2.05, 4.69) is 4.98 Å². The van der Waals surface area contributed by atoms with Crippen molar-refractivity contribution in [3.05, 3.63) is 58.1 Å². The lowest BCUT2D eigenvalue weighted by atomic mass is 10.1. The van der Waals surface area contributed by atoms with Crippen LogP contribution in [0.15, 0.2) is 30.5 Å². The summed E-state index contributed by atoms with van der Waals surface area (Å²) in [4.78, 5) is 9.10. The average molecular weight is 293 g/mol. The molecule has 0 amide bonds. The van der Waals surface area contributed by atoms with Crippen molar-refractivity contribution < 1.29 is 0 Å². The van der Waals surface area contributed by atoms with Crippen molar-refractivity contribution in [1.82, 2.24) is 9.97 Å². The number of aromatic nitrogens is 2. The fourth-order valence-electron chi connectivity index (χ4n) is 2.14. The zero-order valence-corrected chi connectivity index (χ0v) is 12.0. The number of hydrogen-bond donors (Lipinski definition) is 0. The van der Waals surface area contributed by atoms with Gasteiger partial charge in [-0.05, 0) is 30.5 Å². The second-order valence-corrected chi connectivity index (χ2v) is 5.61. The summed E-state index contributed by atoms with van der Waals surface area (Å²) in [6.45, 7) is 0. The molecule has 19 heavy (non-hydrogen) atoms. The Bertz CT molecular complexity index is 577. The van der Waals surface area contributed by atoms with Crippen LogP contribution in [0.3, 0.4) is 0 Å². The summed E-state index contributed by atoms with van der Waals surface area (Å²) in [5, 5.41) is 0.751. The molecule has 98 valence electrons. The van der Waals surface area contributed by atoms with Crippen molar-refractivity contribution in [2.75, 3.05) is 0 Å². The van der Waals surface area contributed by atoms with E-state index in [1.54, 1.807) is 0 Å². The molecule has 1 aromatic heterocycles. The van der Waals surface area contributed by atoms with Crippen molar-refractivity contribution in [3.8, 4) is 0 Å². The third kappa shape index (κ3) is 3.07. The molecular formula is C15H14Cl2N2. The minimum atomic E-state index is 0.493. The summed E-state index contributed by atoms with van der Waals surface area (Å²) in [5.74, 6) is 1.95. The van der Waals surface area contributed by atoms with Crippen LogP contribution in [0, 0.1) is 0 Å². The Morgan fingerprint density at radius 1 is 1.16 bits per heavy atom. The van der Waals surface area contributed by atoms with Gasteiger partial charge in [-0.25, -0.2) is 9.97 Å². The second-order valence-electron chi connectivity index (χ2n) is 4.91. The van der Waals surface area contributed by atoms with E-state index >= 15 is 0 Å². The highest BCUT2D eigenvalue weighted by molar-refractivity contribution is 6.30. The minimum absolute atomic E-state index is 0.493. The van der Waals surface area contributed by atoms with Gasteiger partial charge in [0, 0.05) is 29.1 Å². The molecule has 0 saturated heterocycles. The smallest absolute Gasteiger partial charge is 0.132 e. The fraction of sp³-hybridized carbons (Fsp3) is 0.333. The summed E-state index contributed by atoms with van der Waals surface area (Å²) in [5.41, 5.74) is 3.39. The number of benzene rings is 1. The Hall–Kier alpha value is -1.12. The highest BCUT2D eigenvalue weighted by Gasteiger charge is 2.27. The summed E-state index contributed by atoms with van der Waals surface area (Å²) in [7, 11) is 0. The first-order valence-corrected chi connectivity index (χ1v) is 7.32. The van der Waals surface area contributed by atoms with E-state index in [-0.39, 0.29) is 0 Å². The second kappa shape index (κ2) is 5.48. The van der Waals surface area contributed by atoms with Gasteiger partial charge in [0.2, 0.25) is 0 Å². The first kappa shape index (κ1) is 12.9. The van der Waals surface area contributed by atoms with Crippen LogP contribution in [0.5, 0.6) is 0 Å². The van der Waals surface area contributed by atoms with Crippen molar-refractivity contribution in [2.45, 2.75) is 31.1 Å². The van der Waals surface area contributed by atoms with Crippen LogP contribution >= 0.6 is 23.2 Å². The number of alkyl halides is 1. The van der Waals surface area contributed by atoms with Crippen molar-refractivity contribution in [2.24, 2.45) is 0 Å². The lowest BCUT2D eigenvalue weighted by molar-refractivity contribution is 0.878. The molecule has 2 nitrogen and oxygen atoms in total. The molecule has 0 N–H and O–H groups in total. The molecular weight excluding hydrogens is 279 g/mol. The molecule has 0 unspecified atom stereocenters. The molecule has 1 aliphatic carbocycles. The van der Waals surface area contributed by atoms with Crippen LogP contribution in [-0.4, -0.2) is 9.97 Å². The Kier molecular flexibility index (Phi) is 3.72. The molecule has 1 heterocycles. The maximum absolute atomic E-state index is 5.94. The summed E-state index contributed by atoms with van der Waals surface area (Å²) >= 11 is 11.8. The maximum Gasteiger partial charge on any atom is 0.132 e. The van der Waals surface area contributed by atoms with Crippen LogP contribution in [0.25, 0.3) is 0 Å². The molecule has 0 bridgehead atoms. The molecule has 2 aromatic rings. The molecule has 1 saturated carbocycles. The van der Waals surface area contributed by atoms with Crippen molar-refractivity contribution in [1.29, 1.82) is 0 Å². The molecule has 1 aromatic carbocycles. The zero-order chi connectivity index (χ0) is 13.2. The third-order valence-corrected chi connectivity index (χ3v) is 3.87. The Morgan fingerprint density at radius 3 is 2.53 bits per heavy atom. The van der Waals surface area contributed by atoms with Crippen molar-refractivity contribution in [3.63, 3.8) is 0 Å². The van der Waals surface area contributed by atoms with Gasteiger partial charge in [-0.2, -0.15) is 0 Å². The Labute approximate surface area is 122 Å². The predicted octanol–water partition coefficient (Wildman–Crippen LogP) is 4.34. The predicted molar refractivity (Wildman–Crippen MR) is 77.8 cm³/mol. The first-order chi connectivity index (χ1) is 9.26. The highest BCUT2D eigenvalue weighted by Crippen LogP contribution is 2.40. The van der Waals surface area contributed by atoms with Gasteiger partial charge in [0.05, 0.1) is 11.6 Å². The van der Waals surface area contributed by atoms with Crippen molar-refractivity contribution >= 4 is 23.2 Å². The van der Waals surface area contributed by atoms with E-state index in [0.717, 1.165) is 28.5 Å². The van der Waals surface area contributed by atoms with Gasteiger partial charge in [0.25, 0.3) is 0 Å². The Morgan fingerprint density at radius 2 is 1.89 bits per heavy atom. The van der Waals surface area contributed by atoms with Crippen LogP contribution in [0.4, 0.5) is 0 Å². The quantitative estimate of drug-likeness (QED) is 0.784. The van der Waals surface area contributed by atoms with E-state index in [1.807, 2.05) is 30.5 Å². The number of rotatable bonds is 4. The topological polar surface area (TPSA) is 25.8 Å². The van der Waals surface area contributed by atoms with E-state index < -0.39 is 0 Å². The summed E-state index contributed by atoms with van der Waals surface area (Å²) < 4.78 is 0. The first-order valence-electron chi connectivity index (χ1n) is 6.41. The van der Waals surface area contributed by atoms with Gasteiger partial charge in [-0.3, -0.25) is 0 Å². The lowest BCUT2D eigenvalue weighted by Crippen LogP contribution is -2.03. The highest BCUT2D eigenvalue weighted by atomic mass is 35.5. The maximum atomic E-state index is 5.94. The monoisotopic (exact) mass is 292 g/mol. The normalized spacial score (nSPS) is 14.6. The lowest BCUT2D eigenvalue weighted by Gasteiger charge is -2.07. The fourth-order valence-corrected chi connectivity index (χ4v) is 2.47. The van der Waals surface area contributed by atoms with Gasteiger partial charge in [-0.1, -0.05) is 23.7 Å². The summed E-state index contributed by atoms with van der Waals surface area (Å²) in [6, 6.07) is 7.81. The van der Waals surface area contributed by atoms with E-state index in [9.17, 15) is 0 Å². The standard InChI is InChI=1S/C15H14Cl2N2/c16-8-12-9-18-14(19-15(12)11-3-4-11)7-10-1-5-13(17)6-2-10/h1-2,5-6,9,11H,3-4,7-8H2. The van der Waals surface area contributed by atoms with Crippen LogP contribution < -0.4 is 0 Å². The number of nitrogens with zero attached hydrogens (tertiary/aromatic N) is 2. The molecule has 1 fully saturated rings. The van der Waals surface area contributed by atoms with Gasteiger partial charge in [0.1, 0.15) is 5.82 Å². The van der Waals surface area contributed by atoms with Crippen LogP contribution in [0.2, 0.25) is 5.02 Å². The number of halogens is 2. The van der Waals surface area contributed by atoms with Crippen LogP contribution in [0.1, 0.15) is 41.4 Å². The van der Waals surface area contributed by atoms with E-state index in [4.69, 9.17) is 28.2 Å². The molecule has 1 aliphatic rings. The van der Waals surface area contributed by atoms with Crippen LogP contribution in [-0.2, 0) is 12.3 Å². The third-order valence-electron chi connectivity index (χ3n) is 3.33. The molecule has 3 rings (SSSR count). The van der Waals surface area contributed by atoms with Gasteiger partial charge in [0.15, 0.2) is 0 Å². The Balaban J connectivity index is 1.84. The average Bonchev–Trinajstić information content (AvgIpc) is 3.26. The molecule has 0 radical (unpaired) electrons. The van der Waals surface area contributed by atoms with Gasteiger partial charge in [-0.15, -0.1) is 11.6 Å². The molecule has 0 spiro atoms. The molecule has 0 aliphatic heterocycles. The minimum Gasteiger partial charge on any atom is -0.241 e.